The molecule has 0 spiro atoms. The molecule has 0 aliphatic rings. The topological polar surface area (TPSA) is 96.0 Å². The molecule has 8 nitrogen and oxygen atoms in total. The highest BCUT2D eigenvalue weighted by Gasteiger charge is 2.34. The van der Waals surface area contributed by atoms with Gasteiger partial charge >= 0.3 is 0 Å². The molecule has 208 valence electrons. The smallest absolute Gasteiger partial charge is 0.264 e. The van der Waals surface area contributed by atoms with E-state index in [0.717, 1.165) is 9.87 Å². The fraction of sp³-hybridized carbons (Fsp3) is 0.310. The van der Waals surface area contributed by atoms with Crippen LogP contribution in [0.2, 0.25) is 0 Å². The lowest BCUT2D eigenvalue weighted by Crippen LogP contribution is -2.52. The molecule has 0 fully saturated rings. The van der Waals surface area contributed by atoms with Crippen molar-refractivity contribution in [3.05, 3.63) is 89.7 Å². The van der Waals surface area contributed by atoms with Crippen LogP contribution >= 0.6 is 0 Å². The summed E-state index contributed by atoms with van der Waals surface area (Å²) < 4.78 is 47.8. The molecule has 2 amide bonds. The van der Waals surface area contributed by atoms with Crippen LogP contribution in [0.4, 0.5) is 10.1 Å². The van der Waals surface area contributed by atoms with Crippen LogP contribution in [0.3, 0.4) is 0 Å². The number of ether oxygens (including phenoxy) is 1. The predicted molar refractivity (Wildman–Crippen MR) is 148 cm³/mol. The van der Waals surface area contributed by atoms with E-state index >= 15 is 0 Å². The number of nitrogens with zero attached hydrogens (tertiary/aromatic N) is 2. The highest BCUT2D eigenvalue weighted by atomic mass is 32.2. The largest absolute Gasteiger partial charge is 0.495 e. The number of benzene rings is 3. The second-order valence-corrected chi connectivity index (χ2v) is 11.3. The maximum absolute atomic E-state index is 13.9. The maximum Gasteiger partial charge on any atom is 0.264 e. The summed E-state index contributed by atoms with van der Waals surface area (Å²) >= 11 is 0. The third-order valence-corrected chi connectivity index (χ3v) is 7.85. The van der Waals surface area contributed by atoms with E-state index in [4.69, 9.17) is 4.74 Å². The first kappa shape index (κ1) is 29.6. The Morgan fingerprint density at radius 2 is 1.62 bits per heavy atom. The Morgan fingerprint density at radius 1 is 0.974 bits per heavy atom. The van der Waals surface area contributed by atoms with Gasteiger partial charge in [-0.25, -0.2) is 12.8 Å². The normalized spacial score (nSPS) is 12.1. The van der Waals surface area contributed by atoms with Crippen LogP contribution in [-0.2, 0) is 26.2 Å². The summed E-state index contributed by atoms with van der Waals surface area (Å²) in [5, 5.41) is 2.79. The van der Waals surface area contributed by atoms with Gasteiger partial charge in [-0.05, 0) is 75.2 Å². The fourth-order valence-electron chi connectivity index (χ4n) is 4.00. The van der Waals surface area contributed by atoms with E-state index in [1.165, 1.54) is 48.4 Å². The van der Waals surface area contributed by atoms with Gasteiger partial charge < -0.3 is 15.0 Å². The molecule has 10 heteroatoms. The first-order valence-electron chi connectivity index (χ1n) is 12.5. The van der Waals surface area contributed by atoms with Crippen molar-refractivity contribution in [2.24, 2.45) is 0 Å². The maximum atomic E-state index is 13.9. The van der Waals surface area contributed by atoms with Gasteiger partial charge in [-0.15, -0.1) is 0 Å². The zero-order valence-electron chi connectivity index (χ0n) is 22.7. The molecule has 0 aromatic heterocycles. The minimum atomic E-state index is -4.22. The Labute approximate surface area is 229 Å². The number of anilines is 1. The molecule has 39 heavy (non-hydrogen) atoms. The van der Waals surface area contributed by atoms with Gasteiger partial charge in [-0.2, -0.15) is 0 Å². The van der Waals surface area contributed by atoms with Crippen LogP contribution in [0.1, 0.15) is 31.9 Å². The number of rotatable bonds is 11. The van der Waals surface area contributed by atoms with E-state index in [1.54, 1.807) is 64.1 Å². The number of methoxy groups -OCH3 is 1. The molecule has 3 aromatic rings. The summed E-state index contributed by atoms with van der Waals surface area (Å²) in [5.74, 6) is -1.18. The molecule has 0 heterocycles. The average molecular weight is 556 g/mol. The van der Waals surface area contributed by atoms with Crippen LogP contribution in [0.25, 0.3) is 0 Å². The number of nitrogens with one attached hydrogen (secondary N) is 1. The van der Waals surface area contributed by atoms with Crippen molar-refractivity contribution in [3.8, 4) is 5.75 Å². The number of aryl methyl sites for hydroxylation is 1. The number of hydrogen-bond acceptors (Lipinski definition) is 5. The van der Waals surface area contributed by atoms with E-state index in [9.17, 15) is 22.4 Å². The molecule has 1 atom stereocenters. The van der Waals surface area contributed by atoms with E-state index in [1.807, 2.05) is 0 Å². The van der Waals surface area contributed by atoms with Gasteiger partial charge in [0.05, 0.1) is 17.7 Å². The first-order valence-corrected chi connectivity index (χ1v) is 13.9. The fourth-order valence-corrected chi connectivity index (χ4v) is 5.44. The summed E-state index contributed by atoms with van der Waals surface area (Å²) in [5.41, 5.74) is 1.54. The number of carbonyl (C=O) groups is 2. The molecule has 0 aliphatic heterocycles. The molecule has 0 bridgehead atoms. The van der Waals surface area contributed by atoms with Crippen molar-refractivity contribution in [1.82, 2.24) is 10.2 Å². The van der Waals surface area contributed by atoms with Gasteiger partial charge in [0.25, 0.3) is 10.0 Å². The van der Waals surface area contributed by atoms with E-state index in [-0.39, 0.29) is 28.9 Å². The molecule has 0 aliphatic carbocycles. The Kier molecular flexibility index (Phi) is 9.69. The van der Waals surface area contributed by atoms with Crippen molar-refractivity contribution in [2.45, 2.75) is 51.2 Å². The second-order valence-electron chi connectivity index (χ2n) is 9.49. The number of halogens is 1. The summed E-state index contributed by atoms with van der Waals surface area (Å²) in [6, 6.07) is 17.3. The van der Waals surface area contributed by atoms with Gasteiger partial charge in [-0.1, -0.05) is 36.4 Å². The second kappa shape index (κ2) is 12.8. The van der Waals surface area contributed by atoms with E-state index < -0.39 is 40.2 Å². The Balaban J connectivity index is 2.08. The highest BCUT2D eigenvalue weighted by molar-refractivity contribution is 7.92. The average Bonchev–Trinajstić information content (AvgIpc) is 2.90. The van der Waals surface area contributed by atoms with Crippen LogP contribution in [0, 0.1) is 12.7 Å². The summed E-state index contributed by atoms with van der Waals surface area (Å²) in [4.78, 5) is 28.2. The van der Waals surface area contributed by atoms with E-state index in [0.29, 0.717) is 5.56 Å². The number of sulfonamides is 1. The standard InChI is InChI=1S/C29H34FN3O5S/c1-20(2)31-29(35)22(4)32(18-23-12-14-24(30)15-13-23)28(34)19-33(26-17-21(3)11-16-27(26)38-5)39(36,37)25-9-7-6-8-10-25/h6-17,20,22H,18-19H2,1-5H3,(H,31,35). The highest BCUT2D eigenvalue weighted by Crippen LogP contribution is 2.33. The van der Waals surface area contributed by atoms with Crippen LogP contribution in [-0.4, -0.2) is 50.9 Å². The van der Waals surface area contributed by atoms with Gasteiger partial charge in [0, 0.05) is 12.6 Å². The summed E-state index contributed by atoms with van der Waals surface area (Å²) in [6.07, 6.45) is 0. The number of amides is 2. The third kappa shape index (κ3) is 7.35. The van der Waals surface area contributed by atoms with Gasteiger partial charge in [0.1, 0.15) is 24.2 Å². The molecule has 0 radical (unpaired) electrons. The molecular weight excluding hydrogens is 521 g/mol. The van der Waals surface area contributed by atoms with Crippen molar-refractivity contribution in [3.63, 3.8) is 0 Å². The number of hydrogen-bond donors (Lipinski definition) is 1. The van der Waals surface area contributed by atoms with Gasteiger partial charge in [-0.3, -0.25) is 13.9 Å². The van der Waals surface area contributed by atoms with Crippen LogP contribution in [0.5, 0.6) is 5.75 Å². The van der Waals surface area contributed by atoms with Crippen molar-refractivity contribution in [1.29, 1.82) is 0 Å². The molecule has 1 N–H and O–H groups in total. The molecule has 0 saturated carbocycles. The summed E-state index contributed by atoms with van der Waals surface area (Å²) in [7, 11) is -2.80. The Bertz CT molecular complexity index is 1400. The molecule has 3 aromatic carbocycles. The zero-order valence-corrected chi connectivity index (χ0v) is 23.5. The van der Waals surface area contributed by atoms with Crippen molar-refractivity contribution < 1.29 is 27.1 Å². The lowest BCUT2D eigenvalue weighted by atomic mass is 10.1. The van der Waals surface area contributed by atoms with Crippen LogP contribution in [0.15, 0.2) is 77.7 Å². The van der Waals surface area contributed by atoms with E-state index in [2.05, 4.69) is 5.32 Å². The number of carbonyl (C=O) groups excluding carboxylic acids is 2. The van der Waals surface area contributed by atoms with Crippen LogP contribution < -0.4 is 14.4 Å². The van der Waals surface area contributed by atoms with Gasteiger partial charge in [0.2, 0.25) is 11.8 Å². The minimum Gasteiger partial charge on any atom is -0.495 e. The Hall–Kier alpha value is -3.92. The molecule has 1 unspecified atom stereocenters. The summed E-state index contributed by atoms with van der Waals surface area (Å²) in [6.45, 7) is 6.34. The molecule has 0 saturated heterocycles. The SMILES string of the molecule is COc1ccc(C)cc1N(CC(=O)N(Cc1ccc(F)cc1)C(C)C(=O)NC(C)C)S(=O)(=O)c1ccccc1. The zero-order chi connectivity index (χ0) is 28.7. The van der Waals surface area contributed by atoms with Crippen molar-refractivity contribution >= 4 is 27.5 Å². The van der Waals surface area contributed by atoms with Crippen molar-refractivity contribution in [2.75, 3.05) is 18.0 Å². The minimum absolute atomic E-state index is 0.00274. The van der Waals surface area contributed by atoms with Gasteiger partial charge in [0.15, 0.2) is 0 Å². The predicted octanol–water partition coefficient (Wildman–Crippen LogP) is 4.28. The molecule has 3 rings (SSSR count). The quantitative estimate of drug-likeness (QED) is 0.381. The monoisotopic (exact) mass is 555 g/mol. The first-order chi connectivity index (χ1) is 18.4. The molecular formula is C29H34FN3O5S. The lowest BCUT2D eigenvalue weighted by Gasteiger charge is -2.32. The lowest BCUT2D eigenvalue weighted by molar-refractivity contribution is -0.139. The Morgan fingerprint density at radius 3 is 2.21 bits per heavy atom. The third-order valence-electron chi connectivity index (χ3n) is 6.08.